The zero-order valence-electron chi connectivity index (χ0n) is 28.1. The first-order valence-corrected chi connectivity index (χ1v) is 16.8. The molecule has 7 aromatic carbocycles. The van der Waals surface area contributed by atoms with Gasteiger partial charge in [0.15, 0.2) is 0 Å². The fourth-order valence-electron chi connectivity index (χ4n) is 7.38. The van der Waals surface area contributed by atoms with Crippen molar-refractivity contribution in [2.75, 3.05) is 4.90 Å². The minimum absolute atomic E-state index is 0.749. The van der Waals surface area contributed by atoms with Crippen molar-refractivity contribution in [3.8, 4) is 22.3 Å². The number of benzene rings is 7. The van der Waals surface area contributed by atoms with Crippen LogP contribution in [-0.4, -0.2) is 45.0 Å². The van der Waals surface area contributed by atoms with Crippen LogP contribution in [0.4, 0.5) is 17.1 Å². The molecular weight excluding hydrogens is 633 g/mol. The number of aromatic nitrogens is 9. The molecule has 0 spiro atoms. The Hall–Kier alpha value is -6.94. The van der Waals surface area contributed by atoms with Gasteiger partial charge < -0.3 is 4.90 Å². The Kier molecular flexibility index (Phi) is 6.28. The van der Waals surface area contributed by atoms with Crippen molar-refractivity contribution in [1.29, 1.82) is 0 Å². The van der Waals surface area contributed by atoms with Crippen LogP contribution in [0.1, 0.15) is 0 Å². The maximum atomic E-state index is 5.00. The highest BCUT2D eigenvalue weighted by Crippen LogP contribution is 2.46. The Morgan fingerprint density at radius 1 is 0.392 bits per heavy atom. The molecule has 51 heavy (non-hydrogen) atoms. The van der Waals surface area contributed by atoms with Crippen molar-refractivity contribution in [1.82, 2.24) is 45.0 Å². The van der Waals surface area contributed by atoms with Crippen LogP contribution in [0.25, 0.3) is 76.9 Å². The lowest BCUT2D eigenvalue weighted by Crippen LogP contribution is -2.12. The molecule has 3 aromatic heterocycles. The number of anilines is 3. The average Bonchev–Trinajstić information content (AvgIpc) is 3.86. The van der Waals surface area contributed by atoms with Crippen LogP contribution in [0.3, 0.4) is 0 Å². The van der Waals surface area contributed by atoms with Crippen molar-refractivity contribution >= 4 is 71.7 Å². The molecule has 0 fully saturated rings. The van der Waals surface area contributed by atoms with E-state index < -0.39 is 0 Å². The first kappa shape index (κ1) is 29.0. The van der Waals surface area contributed by atoms with Gasteiger partial charge in [-0.3, -0.25) is 0 Å². The molecule has 10 rings (SSSR count). The summed E-state index contributed by atoms with van der Waals surface area (Å²) < 4.78 is 0. The van der Waals surface area contributed by atoms with Gasteiger partial charge in [-0.25, -0.2) is 0 Å². The Balaban J connectivity index is 1.25. The molecule has 0 saturated carbocycles. The molecule has 0 aliphatic rings. The molecule has 10 heteroatoms. The van der Waals surface area contributed by atoms with Crippen molar-refractivity contribution in [2.24, 2.45) is 21.1 Å². The van der Waals surface area contributed by atoms with Crippen molar-refractivity contribution < 1.29 is 0 Å². The number of fused-ring (bicyclic) bond motifs is 5. The Labute approximate surface area is 291 Å². The van der Waals surface area contributed by atoms with E-state index in [1.54, 1.807) is 14.4 Å². The van der Waals surface area contributed by atoms with Crippen molar-refractivity contribution in [2.45, 2.75) is 0 Å². The Morgan fingerprint density at radius 3 is 1.75 bits per heavy atom. The molecule has 0 amide bonds. The van der Waals surface area contributed by atoms with E-state index in [0.29, 0.717) is 0 Å². The average molecular weight is 663 g/mol. The molecule has 0 bridgehead atoms. The third kappa shape index (κ3) is 4.57. The van der Waals surface area contributed by atoms with Crippen LogP contribution in [-0.2, 0) is 21.1 Å². The highest BCUT2D eigenvalue weighted by atomic mass is 15.5. The minimum Gasteiger partial charge on any atom is -0.304 e. The van der Waals surface area contributed by atoms with E-state index in [-0.39, 0.29) is 0 Å². The summed E-state index contributed by atoms with van der Waals surface area (Å²) in [6.45, 7) is 0. The molecule has 244 valence electrons. The predicted octanol–water partition coefficient (Wildman–Crippen LogP) is 8.64. The summed E-state index contributed by atoms with van der Waals surface area (Å²) in [5.41, 5.74) is 11.3. The van der Waals surface area contributed by atoms with Gasteiger partial charge in [0.05, 0.1) is 17.1 Å². The highest BCUT2D eigenvalue weighted by molar-refractivity contribution is 6.11. The number of aryl methyl sites for hydroxylation is 3. The lowest BCUT2D eigenvalue weighted by molar-refractivity contribution is 0.665. The molecule has 0 unspecified atom stereocenters. The summed E-state index contributed by atoms with van der Waals surface area (Å²) in [7, 11) is 5.57. The first-order chi connectivity index (χ1) is 25.0. The van der Waals surface area contributed by atoms with Crippen molar-refractivity contribution in [3.05, 3.63) is 127 Å². The SMILES string of the molecule is Cn1nc2cccc(N(c3ccc(-c4ccc5ccccc5c4)c4nn(C)nc34)c3ccc(-c4cccc5ccccc45)c4nn(C)nc34)c2n1. The molecule has 10 aromatic rings. The van der Waals surface area contributed by atoms with E-state index in [2.05, 4.69) is 125 Å². The first-order valence-electron chi connectivity index (χ1n) is 16.8. The second-order valence-corrected chi connectivity index (χ2v) is 12.8. The molecule has 0 N–H and O–H groups in total. The summed E-state index contributed by atoms with van der Waals surface area (Å²) in [5.74, 6) is 0. The normalized spacial score (nSPS) is 11.8. The Bertz CT molecular complexity index is 2980. The van der Waals surface area contributed by atoms with Crippen LogP contribution >= 0.6 is 0 Å². The predicted molar refractivity (Wildman–Crippen MR) is 203 cm³/mol. The number of rotatable bonds is 5. The molecule has 0 saturated heterocycles. The van der Waals surface area contributed by atoms with Gasteiger partial charge in [0.2, 0.25) is 0 Å². The molecule has 10 nitrogen and oxygen atoms in total. The zero-order chi connectivity index (χ0) is 34.2. The van der Waals surface area contributed by atoms with E-state index in [4.69, 9.17) is 25.5 Å². The van der Waals surface area contributed by atoms with Crippen LogP contribution in [0, 0.1) is 0 Å². The van der Waals surface area contributed by atoms with Gasteiger partial charge in [-0.2, -0.15) is 45.0 Å². The van der Waals surface area contributed by atoms with E-state index in [1.807, 2.05) is 33.3 Å². The van der Waals surface area contributed by atoms with Gasteiger partial charge in [0.1, 0.15) is 33.1 Å². The van der Waals surface area contributed by atoms with Gasteiger partial charge in [0, 0.05) is 32.3 Å². The van der Waals surface area contributed by atoms with Gasteiger partial charge in [-0.05, 0) is 75.1 Å². The maximum absolute atomic E-state index is 5.00. The second kappa shape index (κ2) is 11.0. The van der Waals surface area contributed by atoms with Gasteiger partial charge in [0.25, 0.3) is 0 Å². The fourth-order valence-corrected chi connectivity index (χ4v) is 7.38. The van der Waals surface area contributed by atoms with Crippen LogP contribution in [0.2, 0.25) is 0 Å². The van der Waals surface area contributed by atoms with E-state index in [0.717, 1.165) is 77.8 Å². The number of hydrogen-bond donors (Lipinski definition) is 0. The summed E-state index contributed by atoms with van der Waals surface area (Å²) in [6.07, 6.45) is 0. The standard InChI is InChI=1S/C41H30N10/c1-48-42-33-16-9-17-34(39(33)45-48)51(35-22-20-30(37-40(35)46-49(2)43-37)28-19-18-25-10-4-5-12-27(25)24-28)36-23-21-32(38-41(36)47-50(3)44-38)31-15-8-13-26-11-6-7-14-29(26)31/h4-24H,1-3H3. The van der Waals surface area contributed by atoms with Gasteiger partial charge in [-0.15, -0.1) is 0 Å². The monoisotopic (exact) mass is 662 g/mol. The smallest absolute Gasteiger partial charge is 0.137 e. The third-order valence-corrected chi connectivity index (χ3v) is 9.59. The topological polar surface area (TPSA) is 95.4 Å². The Morgan fingerprint density at radius 2 is 0.961 bits per heavy atom. The largest absolute Gasteiger partial charge is 0.304 e. The molecular formula is C41H30N10. The van der Waals surface area contributed by atoms with Gasteiger partial charge >= 0.3 is 0 Å². The number of nitrogens with zero attached hydrogens (tertiary/aromatic N) is 10. The van der Waals surface area contributed by atoms with Crippen LogP contribution in [0.5, 0.6) is 0 Å². The number of hydrogen-bond acceptors (Lipinski definition) is 7. The quantitative estimate of drug-likeness (QED) is 0.182. The lowest BCUT2D eigenvalue weighted by Gasteiger charge is -2.26. The van der Waals surface area contributed by atoms with Gasteiger partial charge in [-0.1, -0.05) is 84.9 Å². The summed E-state index contributed by atoms with van der Waals surface area (Å²) in [4.78, 5) is 7.07. The molecule has 0 atom stereocenters. The third-order valence-electron chi connectivity index (χ3n) is 9.59. The van der Waals surface area contributed by atoms with E-state index in [9.17, 15) is 0 Å². The summed E-state index contributed by atoms with van der Waals surface area (Å²) in [6, 6.07) is 44.3. The van der Waals surface area contributed by atoms with E-state index >= 15 is 0 Å². The summed E-state index contributed by atoms with van der Waals surface area (Å²) >= 11 is 0. The van der Waals surface area contributed by atoms with Crippen LogP contribution in [0.15, 0.2) is 127 Å². The van der Waals surface area contributed by atoms with Crippen LogP contribution < -0.4 is 4.90 Å². The van der Waals surface area contributed by atoms with E-state index in [1.165, 1.54) is 16.2 Å². The molecule has 3 heterocycles. The van der Waals surface area contributed by atoms with Crippen molar-refractivity contribution in [3.63, 3.8) is 0 Å². The molecule has 0 aliphatic carbocycles. The minimum atomic E-state index is 0.749. The molecule has 0 radical (unpaired) electrons. The zero-order valence-corrected chi connectivity index (χ0v) is 28.1. The lowest BCUT2D eigenvalue weighted by atomic mass is 9.96. The fraction of sp³-hybridized carbons (Fsp3) is 0.0732. The second-order valence-electron chi connectivity index (χ2n) is 12.8. The maximum Gasteiger partial charge on any atom is 0.137 e. The summed E-state index contributed by atoms with van der Waals surface area (Å²) in [5, 5.41) is 34.0. The highest BCUT2D eigenvalue weighted by Gasteiger charge is 2.27. The molecule has 0 aliphatic heterocycles.